The van der Waals surface area contributed by atoms with E-state index in [1.165, 1.54) is 4.90 Å². The van der Waals surface area contributed by atoms with Crippen LogP contribution in [-0.2, 0) is 11.3 Å². The molecule has 1 saturated carbocycles. The SMILES string of the molecule is CCCn1nccc1C1CCN(C(=O)C(F)(F)C2(O)CCCC2)CC1. The summed E-state index contributed by atoms with van der Waals surface area (Å²) in [5.74, 6) is -4.67. The van der Waals surface area contributed by atoms with Crippen molar-refractivity contribution >= 4 is 5.91 Å². The molecular weight excluding hydrogens is 328 g/mol. The predicted octanol–water partition coefficient (Wildman–Crippen LogP) is 2.94. The van der Waals surface area contributed by atoms with Gasteiger partial charge in [0.05, 0.1) is 0 Å². The van der Waals surface area contributed by atoms with Crippen molar-refractivity contribution in [2.45, 2.75) is 75.9 Å². The Hall–Kier alpha value is -1.50. The fraction of sp³-hybridized carbons (Fsp3) is 0.778. The van der Waals surface area contributed by atoms with E-state index in [0.29, 0.717) is 38.8 Å². The molecule has 1 amide bonds. The third kappa shape index (κ3) is 3.30. The molecule has 0 aromatic carbocycles. The Bertz CT molecular complexity index is 603. The first-order chi connectivity index (χ1) is 11.9. The van der Waals surface area contributed by atoms with Crippen LogP contribution in [0.2, 0.25) is 0 Å². The fourth-order valence-electron chi connectivity index (χ4n) is 4.14. The minimum Gasteiger partial charge on any atom is -0.383 e. The molecule has 1 N–H and O–H groups in total. The number of amides is 1. The lowest BCUT2D eigenvalue weighted by Gasteiger charge is -2.38. The van der Waals surface area contributed by atoms with Gasteiger partial charge in [-0.15, -0.1) is 0 Å². The van der Waals surface area contributed by atoms with E-state index in [9.17, 15) is 18.7 Å². The Labute approximate surface area is 147 Å². The zero-order valence-corrected chi connectivity index (χ0v) is 14.8. The molecule has 3 rings (SSSR count). The maximum Gasteiger partial charge on any atom is 0.352 e. The molecule has 1 aromatic heterocycles. The number of hydrogen-bond acceptors (Lipinski definition) is 3. The summed E-state index contributed by atoms with van der Waals surface area (Å²) in [7, 11) is 0. The van der Waals surface area contributed by atoms with E-state index in [1.54, 1.807) is 6.20 Å². The van der Waals surface area contributed by atoms with E-state index in [1.807, 2.05) is 10.7 Å². The first-order valence-electron chi connectivity index (χ1n) is 9.30. The highest BCUT2D eigenvalue weighted by atomic mass is 19.3. The van der Waals surface area contributed by atoms with Gasteiger partial charge in [0.2, 0.25) is 0 Å². The second kappa shape index (κ2) is 7.02. The van der Waals surface area contributed by atoms with Gasteiger partial charge in [-0.05, 0) is 38.2 Å². The monoisotopic (exact) mass is 355 g/mol. The molecule has 25 heavy (non-hydrogen) atoms. The zero-order valence-electron chi connectivity index (χ0n) is 14.8. The number of hydrogen-bond donors (Lipinski definition) is 1. The summed E-state index contributed by atoms with van der Waals surface area (Å²) in [6.07, 6.45) is 5.14. The molecule has 1 aliphatic carbocycles. The quantitative estimate of drug-likeness (QED) is 0.883. The molecule has 7 heteroatoms. The maximum absolute atomic E-state index is 14.6. The number of aryl methyl sites for hydroxylation is 1. The van der Waals surface area contributed by atoms with Gasteiger partial charge in [0.1, 0.15) is 5.60 Å². The molecule has 0 atom stereocenters. The van der Waals surface area contributed by atoms with Crippen LogP contribution in [-0.4, -0.2) is 50.3 Å². The Morgan fingerprint density at radius 3 is 2.60 bits per heavy atom. The van der Waals surface area contributed by atoms with Gasteiger partial charge in [-0.2, -0.15) is 13.9 Å². The molecule has 2 fully saturated rings. The normalized spacial score (nSPS) is 21.7. The van der Waals surface area contributed by atoms with Crippen molar-refractivity contribution in [1.29, 1.82) is 0 Å². The smallest absolute Gasteiger partial charge is 0.352 e. The second-order valence-electron chi connectivity index (χ2n) is 7.36. The van der Waals surface area contributed by atoms with Crippen molar-refractivity contribution in [3.63, 3.8) is 0 Å². The first-order valence-corrected chi connectivity index (χ1v) is 9.30. The van der Waals surface area contributed by atoms with Crippen LogP contribution in [0.15, 0.2) is 12.3 Å². The Balaban J connectivity index is 1.63. The number of alkyl halides is 2. The third-order valence-electron chi connectivity index (χ3n) is 5.67. The van der Waals surface area contributed by atoms with Crippen molar-refractivity contribution < 1.29 is 18.7 Å². The minimum absolute atomic E-state index is 0.00158. The maximum atomic E-state index is 14.6. The number of carbonyl (C=O) groups excluding carboxylic acids is 1. The van der Waals surface area contributed by atoms with E-state index >= 15 is 0 Å². The summed E-state index contributed by atoms with van der Waals surface area (Å²) < 4.78 is 31.1. The molecule has 0 bridgehead atoms. The topological polar surface area (TPSA) is 58.4 Å². The highest BCUT2D eigenvalue weighted by Gasteiger charge is 2.60. The van der Waals surface area contributed by atoms with Crippen LogP contribution in [0.25, 0.3) is 0 Å². The number of aliphatic hydroxyl groups is 1. The summed E-state index contributed by atoms with van der Waals surface area (Å²) in [4.78, 5) is 13.6. The van der Waals surface area contributed by atoms with Gasteiger partial charge in [0.25, 0.3) is 5.91 Å². The van der Waals surface area contributed by atoms with Crippen molar-refractivity contribution in [3.8, 4) is 0 Å². The molecule has 5 nitrogen and oxygen atoms in total. The summed E-state index contributed by atoms with van der Waals surface area (Å²) in [5, 5.41) is 14.5. The predicted molar refractivity (Wildman–Crippen MR) is 89.4 cm³/mol. The van der Waals surface area contributed by atoms with Gasteiger partial charge in [0.15, 0.2) is 0 Å². The van der Waals surface area contributed by atoms with Gasteiger partial charge in [0, 0.05) is 37.4 Å². The molecule has 0 spiro atoms. The Morgan fingerprint density at radius 2 is 2.00 bits per heavy atom. The van der Waals surface area contributed by atoms with Crippen molar-refractivity contribution in [2.75, 3.05) is 13.1 Å². The van der Waals surface area contributed by atoms with Crippen molar-refractivity contribution in [3.05, 3.63) is 18.0 Å². The van der Waals surface area contributed by atoms with Gasteiger partial charge >= 0.3 is 5.92 Å². The standard InChI is InChI=1S/C18H27F2N3O2/c1-2-11-23-15(5-10-21-23)14-6-12-22(13-7-14)16(24)18(19,20)17(25)8-3-4-9-17/h5,10,14,25H,2-4,6-9,11-13H2,1H3. The zero-order chi connectivity index (χ0) is 18.1. The number of piperidine rings is 1. The fourth-order valence-corrected chi connectivity index (χ4v) is 4.14. The van der Waals surface area contributed by atoms with Gasteiger partial charge < -0.3 is 10.0 Å². The first kappa shape index (κ1) is 18.3. The molecule has 1 aliphatic heterocycles. The van der Waals surface area contributed by atoms with Crippen LogP contribution in [0.5, 0.6) is 0 Å². The number of rotatable bonds is 5. The highest BCUT2D eigenvalue weighted by molar-refractivity contribution is 5.85. The molecule has 1 aromatic rings. The van der Waals surface area contributed by atoms with Crippen LogP contribution in [0.1, 0.15) is 63.5 Å². The van der Waals surface area contributed by atoms with E-state index in [4.69, 9.17) is 0 Å². The summed E-state index contributed by atoms with van der Waals surface area (Å²) >= 11 is 0. The summed E-state index contributed by atoms with van der Waals surface area (Å²) in [6.45, 7) is 3.52. The average molecular weight is 355 g/mol. The Morgan fingerprint density at radius 1 is 1.36 bits per heavy atom. The van der Waals surface area contributed by atoms with Gasteiger partial charge in [-0.1, -0.05) is 19.8 Å². The number of likely N-dealkylation sites (tertiary alicyclic amines) is 1. The lowest BCUT2D eigenvalue weighted by Crippen LogP contribution is -2.58. The van der Waals surface area contributed by atoms with Crippen LogP contribution in [0, 0.1) is 0 Å². The molecule has 0 radical (unpaired) electrons. The molecule has 2 heterocycles. The lowest BCUT2D eigenvalue weighted by atomic mass is 9.90. The van der Waals surface area contributed by atoms with Crippen LogP contribution >= 0.6 is 0 Å². The third-order valence-corrected chi connectivity index (χ3v) is 5.67. The van der Waals surface area contributed by atoms with E-state index in [2.05, 4.69) is 12.0 Å². The Kier molecular flexibility index (Phi) is 5.14. The highest BCUT2D eigenvalue weighted by Crippen LogP contribution is 2.43. The lowest BCUT2D eigenvalue weighted by molar-refractivity contribution is -0.201. The number of carbonyl (C=O) groups is 1. The van der Waals surface area contributed by atoms with E-state index in [0.717, 1.165) is 18.7 Å². The van der Waals surface area contributed by atoms with Crippen LogP contribution in [0.3, 0.4) is 0 Å². The van der Waals surface area contributed by atoms with Crippen LogP contribution in [0.4, 0.5) is 8.78 Å². The van der Waals surface area contributed by atoms with E-state index in [-0.39, 0.29) is 18.8 Å². The largest absolute Gasteiger partial charge is 0.383 e. The van der Waals surface area contributed by atoms with E-state index < -0.39 is 17.4 Å². The second-order valence-corrected chi connectivity index (χ2v) is 7.36. The molecule has 0 unspecified atom stereocenters. The molecule has 140 valence electrons. The van der Waals surface area contributed by atoms with Gasteiger partial charge in [-0.25, -0.2) is 0 Å². The molecular formula is C18H27F2N3O2. The number of halogens is 2. The number of nitrogens with zero attached hydrogens (tertiary/aromatic N) is 3. The minimum atomic E-state index is -3.69. The molecule has 1 saturated heterocycles. The van der Waals surface area contributed by atoms with Crippen LogP contribution < -0.4 is 0 Å². The average Bonchev–Trinajstić information content (AvgIpc) is 3.25. The number of aromatic nitrogens is 2. The van der Waals surface area contributed by atoms with Gasteiger partial charge in [-0.3, -0.25) is 9.48 Å². The van der Waals surface area contributed by atoms with Crippen molar-refractivity contribution in [2.24, 2.45) is 0 Å². The molecule has 2 aliphatic rings. The van der Waals surface area contributed by atoms with Crippen molar-refractivity contribution in [1.82, 2.24) is 14.7 Å². The summed E-state index contributed by atoms with van der Waals surface area (Å²) in [6, 6.07) is 1.98. The summed E-state index contributed by atoms with van der Waals surface area (Å²) in [5.41, 5.74) is -1.05.